The van der Waals surface area contributed by atoms with E-state index in [1.54, 1.807) is 24.3 Å². The van der Waals surface area contributed by atoms with E-state index < -0.39 is 11.2 Å². The highest BCUT2D eigenvalue weighted by molar-refractivity contribution is 8.01. The normalized spacial score (nSPS) is 10.9. The van der Waals surface area contributed by atoms with E-state index in [1.807, 2.05) is 30.3 Å². The summed E-state index contributed by atoms with van der Waals surface area (Å²) in [6, 6.07) is 17.7. The number of fused-ring (bicyclic) bond motifs is 1. The minimum atomic E-state index is -0.618. The van der Waals surface area contributed by atoms with Crippen molar-refractivity contribution in [1.82, 2.24) is 14.5 Å². The van der Waals surface area contributed by atoms with E-state index in [1.165, 1.54) is 33.7 Å². The van der Waals surface area contributed by atoms with Gasteiger partial charge in [0.05, 0.1) is 21.7 Å². The van der Waals surface area contributed by atoms with Gasteiger partial charge in [-0.1, -0.05) is 42.1 Å². The Balaban J connectivity index is 1.54. The first-order valence-electron chi connectivity index (χ1n) is 8.30. The zero-order chi connectivity index (χ0) is 19.5. The number of rotatable bonds is 5. The number of benzene rings is 2. The molecule has 1 amide bonds. The summed E-state index contributed by atoms with van der Waals surface area (Å²) < 4.78 is 3.09. The SMILES string of the molecule is O=C(CSc1nc2ccccc2s1)Nc1cc(=O)[nH]c(=O)n1-c1ccccc1. The lowest BCUT2D eigenvalue weighted by Crippen LogP contribution is -2.32. The Kier molecular flexibility index (Phi) is 5.09. The third kappa shape index (κ3) is 3.90. The summed E-state index contributed by atoms with van der Waals surface area (Å²) in [5.74, 6) is -0.107. The monoisotopic (exact) mass is 410 g/mol. The summed E-state index contributed by atoms with van der Waals surface area (Å²) in [6.07, 6.45) is 0. The fourth-order valence-electron chi connectivity index (χ4n) is 2.64. The van der Waals surface area contributed by atoms with Crippen LogP contribution in [0.5, 0.6) is 0 Å². The molecule has 0 aliphatic carbocycles. The van der Waals surface area contributed by atoms with Crippen molar-refractivity contribution < 1.29 is 4.79 Å². The smallest absolute Gasteiger partial charge is 0.311 e. The number of aromatic nitrogens is 3. The Morgan fingerprint density at radius 3 is 2.64 bits per heavy atom. The summed E-state index contributed by atoms with van der Waals surface area (Å²) >= 11 is 2.82. The maximum Gasteiger partial charge on any atom is 0.334 e. The average molecular weight is 410 g/mol. The molecule has 0 spiro atoms. The van der Waals surface area contributed by atoms with Gasteiger partial charge < -0.3 is 5.32 Å². The van der Waals surface area contributed by atoms with Crippen LogP contribution >= 0.6 is 23.1 Å². The van der Waals surface area contributed by atoms with Crippen LogP contribution in [0.3, 0.4) is 0 Å². The number of hydrogen-bond acceptors (Lipinski definition) is 6. The van der Waals surface area contributed by atoms with Crippen LogP contribution in [0.4, 0.5) is 5.82 Å². The zero-order valence-corrected chi connectivity index (χ0v) is 16.0. The first kappa shape index (κ1) is 18.2. The quantitative estimate of drug-likeness (QED) is 0.493. The Morgan fingerprint density at radius 2 is 1.86 bits per heavy atom. The molecule has 0 aliphatic rings. The van der Waals surface area contributed by atoms with E-state index in [0.29, 0.717) is 5.69 Å². The van der Waals surface area contributed by atoms with Crippen molar-refractivity contribution >= 4 is 45.0 Å². The maximum absolute atomic E-state index is 12.4. The van der Waals surface area contributed by atoms with Crippen LogP contribution in [0.2, 0.25) is 0 Å². The van der Waals surface area contributed by atoms with Gasteiger partial charge in [0.1, 0.15) is 5.82 Å². The first-order chi connectivity index (χ1) is 13.6. The molecule has 28 heavy (non-hydrogen) atoms. The zero-order valence-electron chi connectivity index (χ0n) is 14.4. The second kappa shape index (κ2) is 7.83. The van der Waals surface area contributed by atoms with Crippen LogP contribution in [0, 0.1) is 0 Å². The van der Waals surface area contributed by atoms with Crippen molar-refractivity contribution in [1.29, 1.82) is 0 Å². The van der Waals surface area contributed by atoms with Gasteiger partial charge in [0.25, 0.3) is 5.56 Å². The Morgan fingerprint density at radius 1 is 1.11 bits per heavy atom. The van der Waals surface area contributed by atoms with Gasteiger partial charge in [-0.05, 0) is 24.3 Å². The number of para-hydroxylation sites is 2. The van der Waals surface area contributed by atoms with E-state index in [-0.39, 0.29) is 17.5 Å². The molecule has 0 saturated heterocycles. The lowest BCUT2D eigenvalue weighted by Gasteiger charge is -2.12. The molecule has 0 saturated carbocycles. The van der Waals surface area contributed by atoms with Crippen LogP contribution in [0.25, 0.3) is 15.9 Å². The minimum Gasteiger partial charge on any atom is -0.311 e. The summed E-state index contributed by atoms with van der Waals surface area (Å²) in [5.41, 5.74) is 0.236. The number of nitrogens with one attached hydrogen (secondary N) is 2. The Labute approximate surface area is 167 Å². The van der Waals surface area contributed by atoms with Gasteiger partial charge in [0.2, 0.25) is 5.91 Å². The van der Waals surface area contributed by atoms with Crippen LogP contribution in [-0.4, -0.2) is 26.2 Å². The molecule has 4 aromatic rings. The largest absolute Gasteiger partial charge is 0.334 e. The van der Waals surface area contributed by atoms with Crippen LogP contribution in [0.1, 0.15) is 0 Å². The van der Waals surface area contributed by atoms with Crippen LogP contribution in [-0.2, 0) is 4.79 Å². The molecule has 2 N–H and O–H groups in total. The summed E-state index contributed by atoms with van der Waals surface area (Å²) in [7, 11) is 0. The minimum absolute atomic E-state index is 0.107. The fourth-order valence-corrected chi connectivity index (χ4v) is 4.51. The van der Waals surface area contributed by atoms with E-state index in [2.05, 4.69) is 15.3 Å². The number of carbonyl (C=O) groups is 1. The highest BCUT2D eigenvalue weighted by Crippen LogP contribution is 2.29. The molecule has 2 aromatic carbocycles. The number of amides is 1. The lowest BCUT2D eigenvalue weighted by atomic mass is 10.3. The van der Waals surface area contributed by atoms with Crippen molar-refractivity contribution in [2.45, 2.75) is 4.34 Å². The number of thioether (sulfide) groups is 1. The number of hydrogen-bond donors (Lipinski definition) is 2. The van der Waals surface area contributed by atoms with Gasteiger partial charge in [0.15, 0.2) is 4.34 Å². The molecule has 0 bridgehead atoms. The molecular weight excluding hydrogens is 396 g/mol. The summed E-state index contributed by atoms with van der Waals surface area (Å²) in [6.45, 7) is 0. The molecule has 4 rings (SSSR count). The molecule has 7 nitrogen and oxygen atoms in total. The molecule has 0 atom stereocenters. The number of H-pyrrole nitrogens is 1. The molecule has 0 radical (unpaired) electrons. The van der Waals surface area contributed by atoms with Gasteiger partial charge in [-0.25, -0.2) is 14.3 Å². The predicted molar refractivity (Wildman–Crippen MR) is 112 cm³/mol. The highest BCUT2D eigenvalue weighted by atomic mass is 32.2. The van der Waals surface area contributed by atoms with Crippen molar-refractivity contribution in [3.8, 4) is 5.69 Å². The van der Waals surface area contributed by atoms with E-state index >= 15 is 0 Å². The standard InChI is InChI=1S/C19H14N4O3S2/c24-16-10-15(23(18(26)22-16)12-6-2-1-3-7-12)21-17(25)11-27-19-20-13-8-4-5-9-14(13)28-19/h1-10H,11H2,(H,21,25)(H,22,24,26). The summed E-state index contributed by atoms with van der Waals surface area (Å²) in [5, 5.41) is 2.65. The number of thiazole rings is 1. The van der Waals surface area contributed by atoms with Crippen LogP contribution in [0.15, 0.2) is 74.6 Å². The van der Waals surface area contributed by atoms with Gasteiger partial charge >= 0.3 is 5.69 Å². The van der Waals surface area contributed by atoms with E-state index in [9.17, 15) is 14.4 Å². The molecular formula is C19H14N4O3S2. The number of carbonyl (C=O) groups excluding carboxylic acids is 1. The van der Waals surface area contributed by atoms with Gasteiger partial charge in [-0.2, -0.15) is 0 Å². The van der Waals surface area contributed by atoms with E-state index in [0.717, 1.165) is 14.6 Å². The second-order valence-electron chi connectivity index (χ2n) is 5.78. The fraction of sp³-hybridized carbons (Fsp3) is 0.0526. The Bertz CT molecular complexity index is 1230. The van der Waals surface area contributed by atoms with Gasteiger partial charge in [-0.15, -0.1) is 11.3 Å². The topological polar surface area (TPSA) is 96.8 Å². The van der Waals surface area contributed by atoms with Crippen molar-refractivity contribution in [3.63, 3.8) is 0 Å². The Hall–Kier alpha value is -3.17. The molecule has 2 aromatic heterocycles. The molecule has 0 aliphatic heterocycles. The third-order valence-electron chi connectivity index (χ3n) is 3.82. The second-order valence-corrected chi connectivity index (χ2v) is 8.03. The summed E-state index contributed by atoms with van der Waals surface area (Å²) in [4.78, 5) is 43.1. The van der Waals surface area contributed by atoms with Crippen molar-refractivity contribution in [2.75, 3.05) is 11.1 Å². The average Bonchev–Trinajstić information content (AvgIpc) is 3.10. The van der Waals surface area contributed by atoms with Crippen LogP contribution < -0.4 is 16.6 Å². The van der Waals surface area contributed by atoms with E-state index in [4.69, 9.17) is 0 Å². The molecule has 0 fully saturated rings. The predicted octanol–water partition coefficient (Wildman–Crippen LogP) is 2.87. The van der Waals surface area contributed by atoms with Crippen molar-refractivity contribution in [2.24, 2.45) is 0 Å². The highest BCUT2D eigenvalue weighted by Gasteiger charge is 2.13. The van der Waals surface area contributed by atoms with Gasteiger partial charge in [0, 0.05) is 6.07 Å². The number of nitrogens with zero attached hydrogens (tertiary/aromatic N) is 2. The maximum atomic E-state index is 12.4. The molecule has 140 valence electrons. The van der Waals surface area contributed by atoms with Gasteiger partial charge in [-0.3, -0.25) is 14.6 Å². The molecule has 9 heteroatoms. The van der Waals surface area contributed by atoms with Crippen molar-refractivity contribution in [3.05, 3.63) is 81.5 Å². The lowest BCUT2D eigenvalue weighted by molar-refractivity contribution is -0.113. The molecule has 0 unspecified atom stereocenters. The first-order valence-corrected chi connectivity index (χ1v) is 10.1. The third-order valence-corrected chi connectivity index (χ3v) is 6.00. The number of anilines is 1. The molecule has 2 heterocycles. The number of aromatic amines is 1.